The monoisotopic (exact) mass is 458 g/mol. The predicted molar refractivity (Wildman–Crippen MR) is 116 cm³/mol. The Morgan fingerprint density at radius 3 is 2.13 bits per heavy atom. The summed E-state index contributed by atoms with van der Waals surface area (Å²) in [5.41, 5.74) is 1.25. The fraction of sp³-hybridized carbons (Fsp3) is 0.105. The number of nitriles is 1. The largest absolute Gasteiger partial charge is 0.340 e. The van der Waals surface area contributed by atoms with E-state index < -0.39 is 19.9 Å². The maximum Gasteiger partial charge on any atom is 0.240 e. The van der Waals surface area contributed by atoms with E-state index in [1.807, 2.05) is 6.07 Å². The quantitative estimate of drug-likeness (QED) is 0.483. The first kappa shape index (κ1) is 22.2. The van der Waals surface area contributed by atoms with Gasteiger partial charge in [0.25, 0.3) is 0 Å². The van der Waals surface area contributed by atoms with E-state index >= 15 is 0 Å². The number of sulfonamides is 1. The highest BCUT2D eigenvalue weighted by atomic mass is 32.2. The van der Waals surface area contributed by atoms with E-state index in [1.165, 1.54) is 37.6 Å². The van der Waals surface area contributed by atoms with E-state index in [-0.39, 0.29) is 21.3 Å². The maximum absolute atomic E-state index is 12.2. The molecule has 0 bridgehead atoms. The zero-order chi connectivity index (χ0) is 22.6. The van der Waals surface area contributed by atoms with Crippen molar-refractivity contribution in [1.82, 2.24) is 14.7 Å². The number of hydrogen-bond donors (Lipinski definition) is 3. The first-order valence-electron chi connectivity index (χ1n) is 8.76. The lowest BCUT2D eigenvalue weighted by Crippen LogP contribution is -2.19. The predicted octanol–water partition coefficient (Wildman–Crippen LogP) is 2.15. The lowest BCUT2D eigenvalue weighted by molar-refractivity contribution is 0.587. The Labute approximate surface area is 180 Å². The molecule has 0 aliphatic heterocycles. The standard InChI is InChI=1S/C19H18N6O4S2/c1-21-31(28,29)15-7-8-17(30(2,26)27)16(9-15)25-19-10-18(22-12-23-19)24-14-5-3-13(11-20)4-6-14/h3-10,12,21H,1-2H3,(H2,22,23,24,25). The van der Waals surface area contributed by atoms with Gasteiger partial charge in [0.05, 0.1) is 27.1 Å². The Balaban J connectivity index is 1.95. The SMILES string of the molecule is CNS(=O)(=O)c1ccc(S(C)(=O)=O)c(Nc2cc(Nc3ccc(C#N)cc3)ncn2)c1. The first-order valence-corrected chi connectivity index (χ1v) is 12.1. The molecule has 3 rings (SSSR count). The van der Waals surface area contributed by atoms with E-state index in [1.54, 1.807) is 24.3 Å². The van der Waals surface area contributed by atoms with Crippen LogP contribution in [0.3, 0.4) is 0 Å². The highest BCUT2D eigenvalue weighted by molar-refractivity contribution is 7.91. The molecular weight excluding hydrogens is 440 g/mol. The third-order valence-corrected chi connectivity index (χ3v) is 6.71. The van der Waals surface area contributed by atoms with Gasteiger partial charge in [-0.2, -0.15) is 5.26 Å². The molecule has 10 nitrogen and oxygen atoms in total. The van der Waals surface area contributed by atoms with Crippen molar-refractivity contribution in [1.29, 1.82) is 5.26 Å². The van der Waals surface area contributed by atoms with E-state index in [9.17, 15) is 16.8 Å². The fourth-order valence-corrected chi connectivity index (χ4v) is 4.20. The second kappa shape index (κ2) is 8.68. The van der Waals surface area contributed by atoms with Crippen molar-refractivity contribution < 1.29 is 16.8 Å². The molecule has 0 spiro atoms. The molecule has 0 atom stereocenters. The number of nitrogens with one attached hydrogen (secondary N) is 3. The number of aromatic nitrogens is 2. The van der Waals surface area contributed by atoms with Crippen molar-refractivity contribution in [2.24, 2.45) is 0 Å². The van der Waals surface area contributed by atoms with Crippen LogP contribution in [-0.4, -0.2) is 40.1 Å². The van der Waals surface area contributed by atoms with Gasteiger partial charge in [0.1, 0.15) is 18.0 Å². The topological polar surface area (TPSA) is 154 Å². The highest BCUT2D eigenvalue weighted by Gasteiger charge is 2.19. The van der Waals surface area contributed by atoms with Gasteiger partial charge in [-0.05, 0) is 49.5 Å². The molecule has 160 valence electrons. The first-order chi connectivity index (χ1) is 14.6. The van der Waals surface area contributed by atoms with Crippen LogP contribution in [0.2, 0.25) is 0 Å². The average Bonchev–Trinajstić information content (AvgIpc) is 2.73. The Morgan fingerprint density at radius 2 is 1.55 bits per heavy atom. The molecule has 2 aromatic carbocycles. The van der Waals surface area contributed by atoms with E-state index in [0.717, 1.165) is 6.26 Å². The minimum absolute atomic E-state index is 0.0573. The van der Waals surface area contributed by atoms with Crippen LogP contribution in [0.5, 0.6) is 0 Å². The molecule has 0 unspecified atom stereocenters. The van der Waals surface area contributed by atoms with E-state index in [2.05, 4.69) is 25.3 Å². The van der Waals surface area contributed by atoms with Gasteiger partial charge >= 0.3 is 0 Å². The molecule has 0 fully saturated rings. The zero-order valence-corrected chi connectivity index (χ0v) is 18.1. The number of benzene rings is 2. The number of sulfone groups is 1. The summed E-state index contributed by atoms with van der Waals surface area (Å²) in [5, 5.41) is 14.8. The Bertz CT molecular complexity index is 1370. The second-order valence-electron chi connectivity index (χ2n) is 6.37. The summed E-state index contributed by atoms with van der Waals surface area (Å²) in [4.78, 5) is 8.00. The van der Waals surface area contributed by atoms with Crippen LogP contribution >= 0.6 is 0 Å². The molecule has 3 N–H and O–H groups in total. The molecule has 0 radical (unpaired) electrons. The summed E-state index contributed by atoms with van der Waals surface area (Å²) < 4.78 is 50.8. The van der Waals surface area contributed by atoms with Crippen LogP contribution in [0.15, 0.2) is 64.6 Å². The zero-order valence-electron chi connectivity index (χ0n) is 16.5. The van der Waals surface area contributed by atoms with Crippen LogP contribution < -0.4 is 15.4 Å². The van der Waals surface area contributed by atoms with Crippen LogP contribution in [-0.2, 0) is 19.9 Å². The Kier molecular flexibility index (Phi) is 6.21. The summed E-state index contributed by atoms with van der Waals surface area (Å²) in [6.07, 6.45) is 2.29. The third kappa shape index (κ3) is 5.34. The fourth-order valence-electron chi connectivity index (χ4n) is 2.62. The van der Waals surface area contributed by atoms with E-state index in [0.29, 0.717) is 17.1 Å². The minimum atomic E-state index is -3.78. The van der Waals surface area contributed by atoms with Gasteiger partial charge in [-0.25, -0.2) is 31.5 Å². The summed E-state index contributed by atoms with van der Waals surface area (Å²) >= 11 is 0. The molecule has 1 aromatic heterocycles. The lowest BCUT2D eigenvalue weighted by atomic mass is 10.2. The van der Waals surface area contributed by atoms with Gasteiger partial charge in [0.15, 0.2) is 9.84 Å². The van der Waals surface area contributed by atoms with E-state index in [4.69, 9.17) is 5.26 Å². The molecule has 0 amide bonds. The normalized spacial score (nSPS) is 11.5. The Morgan fingerprint density at radius 1 is 0.903 bits per heavy atom. The lowest BCUT2D eigenvalue weighted by Gasteiger charge is -2.13. The minimum Gasteiger partial charge on any atom is -0.340 e. The van der Waals surface area contributed by atoms with Crippen molar-refractivity contribution >= 4 is 42.9 Å². The van der Waals surface area contributed by atoms with Crippen molar-refractivity contribution in [2.45, 2.75) is 9.79 Å². The van der Waals surface area contributed by atoms with Gasteiger partial charge in [-0.15, -0.1) is 0 Å². The average molecular weight is 459 g/mol. The number of hydrogen-bond acceptors (Lipinski definition) is 9. The molecule has 0 aliphatic carbocycles. The summed E-state index contributed by atoms with van der Waals surface area (Å²) in [6.45, 7) is 0. The molecule has 0 saturated heterocycles. The van der Waals surface area contributed by atoms with Gasteiger partial charge < -0.3 is 10.6 Å². The van der Waals surface area contributed by atoms with Crippen LogP contribution in [0, 0.1) is 11.3 Å². The molecular formula is C19H18N6O4S2. The molecule has 0 aliphatic rings. The second-order valence-corrected chi connectivity index (χ2v) is 10.2. The van der Waals surface area contributed by atoms with Crippen molar-refractivity contribution in [3.05, 3.63) is 60.4 Å². The van der Waals surface area contributed by atoms with Crippen molar-refractivity contribution in [3.8, 4) is 6.07 Å². The van der Waals surface area contributed by atoms with Crippen molar-refractivity contribution in [3.63, 3.8) is 0 Å². The summed E-state index contributed by atoms with van der Waals surface area (Å²) in [5.74, 6) is 0.650. The molecule has 1 heterocycles. The molecule has 12 heteroatoms. The molecule has 31 heavy (non-hydrogen) atoms. The summed E-state index contributed by atoms with van der Waals surface area (Å²) in [7, 11) is -6.17. The van der Waals surface area contributed by atoms with Gasteiger partial charge in [0, 0.05) is 18.0 Å². The smallest absolute Gasteiger partial charge is 0.240 e. The number of nitrogens with zero attached hydrogens (tertiary/aromatic N) is 3. The van der Waals surface area contributed by atoms with Crippen LogP contribution in [0.4, 0.5) is 23.0 Å². The third-order valence-electron chi connectivity index (χ3n) is 4.15. The molecule has 0 saturated carbocycles. The number of rotatable bonds is 7. The number of anilines is 4. The molecule has 3 aromatic rings. The summed E-state index contributed by atoms with van der Waals surface area (Å²) in [6, 6.07) is 13.9. The maximum atomic E-state index is 12.2. The van der Waals surface area contributed by atoms with Gasteiger partial charge in [-0.3, -0.25) is 0 Å². The highest BCUT2D eigenvalue weighted by Crippen LogP contribution is 2.28. The van der Waals surface area contributed by atoms with Gasteiger partial charge in [0.2, 0.25) is 10.0 Å². The van der Waals surface area contributed by atoms with Gasteiger partial charge in [-0.1, -0.05) is 0 Å². The van der Waals surface area contributed by atoms with Crippen LogP contribution in [0.1, 0.15) is 5.56 Å². The van der Waals surface area contributed by atoms with Crippen molar-refractivity contribution in [2.75, 3.05) is 23.9 Å². The van der Waals surface area contributed by atoms with Crippen LogP contribution in [0.25, 0.3) is 0 Å². The Hall–Kier alpha value is -3.53.